The number of rotatable bonds is 8. The van der Waals surface area contributed by atoms with Crippen molar-refractivity contribution in [2.75, 3.05) is 7.11 Å². The van der Waals surface area contributed by atoms with Crippen molar-refractivity contribution >= 4 is 11.6 Å². The third kappa shape index (κ3) is 5.13. The summed E-state index contributed by atoms with van der Waals surface area (Å²) in [5, 5.41) is 20.8. The van der Waals surface area contributed by atoms with Crippen molar-refractivity contribution in [2.45, 2.75) is 6.54 Å². The van der Waals surface area contributed by atoms with Crippen molar-refractivity contribution in [3.05, 3.63) is 94.3 Å². The van der Waals surface area contributed by atoms with Gasteiger partial charge in [0.15, 0.2) is 5.82 Å². The Bertz CT molecular complexity index is 1270. The number of amides is 1. The number of carbonyl (C=O) groups is 1. The molecule has 4 rings (SSSR count). The smallest absolute Gasteiger partial charge is 0.270 e. The van der Waals surface area contributed by atoms with Gasteiger partial charge >= 0.3 is 0 Å². The molecule has 4 aromatic rings. The number of nitrogens with zero attached hydrogens (tertiary/aromatic N) is 3. The third-order valence-electron chi connectivity index (χ3n) is 4.69. The average Bonchev–Trinajstić information content (AvgIpc) is 3.32. The van der Waals surface area contributed by atoms with Crippen LogP contribution in [0.25, 0.3) is 11.4 Å². The number of carbonyl (C=O) groups excluding carboxylic acids is 1. The van der Waals surface area contributed by atoms with E-state index < -0.39 is 10.8 Å². The van der Waals surface area contributed by atoms with Gasteiger partial charge in [-0.15, -0.1) is 0 Å². The minimum atomic E-state index is -0.569. The van der Waals surface area contributed by atoms with Crippen molar-refractivity contribution < 1.29 is 19.2 Å². The number of ether oxygens (including phenoxy) is 2. The lowest BCUT2D eigenvalue weighted by atomic mass is 10.1. The summed E-state index contributed by atoms with van der Waals surface area (Å²) in [6.45, 7) is 0.0372. The fraction of sp³-hybridized carbons (Fsp3) is 0.0870. The Hall–Kier alpha value is -4.73. The van der Waals surface area contributed by atoms with Crippen LogP contribution in [0.4, 0.5) is 5.69 Å². The second-order valence-corrected chi connectivity index (χ2v) is 6.87. The van der Waals surface area contributed by atoms with E-state index in [1.807, 2.05) is 18.2 Å². The largest absolute Gasteiger partial charge is 0.497 e. The molecule has 166 valence electrons. The Balaban J connectivity index is 1.50. The summed E-state index contributed by atoms with van der Waals surface area (Å²) in [6, 6.07) is 19.9. The molecule has 0 atom stereocenters. The van der Waals surface area contributed by atoms with E-state index in [0.717, 1.165) is 5.56 Å². The normalized spacial score (nSPS) is 10.5. The Morgan fingerprint density at radius 1 is 1.06 bits per heavy atom. The zero-order chi connectivity index (χ0) is 23.2. The standard InChI is InChI=1S/C23H19N5O5/c1-32-17-10-7-15(8-11-17)22-25-21(26-27-22)14-24-23(29)19-13-16(28(30)31)9-12-20(19)33-18-5-3-2-4-6-18/h2-13H,14H2,1H3,(H,24,29)(H,25,26,27). The van der Waals surface area contributed by atoms with Crippen LogP contribution in [0.1, 0.15) is 16.2 Å². The third-order valence-corrected chi connectivity index (χ3v) is 4.69. The molecule has 1 heterocycles. The van der Waals surface area contributed by atoms with E-state index in [1.165, 1.54) is 18.2 Å². The van der Waals surface area contributed by atoms with Crippen molar-refractivity contribution in [1.29, 1.82) is 0 Å². The highest BCUT2D eigenvalue weighted by atomic mass is 16.6. The van der Waals surface area contributed by atoms with Gasteiger partial charge in [0.25, 0.3) is 11.6 Å². The number of aromatic amines is 1. The van der Waals surface area contributed by atoms with Crippen LogP contribution in [-0.4, -0.2) is 33.1 Å². The Morgan fingerprint density at radius 3 is 2.52 bits per heavy atom. The molecule has 0 aliphatic carbocycles. The van der Waals surface area contributed by atoms with Gasteiger partial charge in [0.1, 0.15) is 23.1 Å². The molecule has 3 aromatic carbocycles. The average molecular weight is 445 g/mol. The van der Waals surface area contributed by atoms with Gasteiger partial charge in [-0.1, -0.05) is 18.2 Å². The second-order valence-electron chi connectivity index (χ2n) is 6.87. The Kier molecular flexibility index (Phi) is 6.26. The van der Waals surface area contributed by atoms with E-state index in [1.54, 1.807) is 43.5 Å². The molecule has 0 radical (unpaired) electrons. The monoisotopic (exact) mass is 445 g/mol. The van der Waals surface area contributed by atoms with E-state index in [9.17, 15) is 14.9 Å². The molecule has 33 heavy (non-hydrogen) atoms. The predicted octanol–water partition coefficient (Wildman–Crippen LogP) is 4.11. The SMILES string of the molecule is COc1ccc(-c2n[nH]c(CNC(=O)c3cc([N+](=O)[O-])ccc3Oc3ccccc3)n2)cc1. The molecule has 0 fully saturated rings. The van der Waals surface area contributed by atoms with Gasteiger partial charge in [-0.3, -0.25) is 20.0 Å². The quantitative estimate of drug-likeness (QED) is 0.308. The van der Waals surface area contributed by atoms with Crippen molar-refractivity contribution in [1.82, 2.24) is 20.5 Å². The van der Waals surface area contributed by atoms with Crippen LogP contribution in [0.5, 0.6) is 17.2 Å². The Labute approximate surface area is 188 Å². The summed E-state index contributed by atoms with van der Waals surface area (Å²) in [4.78, 5) is 27.9. The number of para-hydroxylation sites is 1. The molecule has 2 N–H and O–H groups in total. The van der Waals surface area contributed by atoms with E-state index in [4.69, 9.17) is 9.47 Å². The fourth-order valence-corrected chi connectivity index (χ4v) is 3.02. The maximum atomic E-state index is 12.9. The first-order chi connectivity index (χ1) is 16.0. The number of non-ortho nitro benzene ring substituents is 1. The van der Waals surface area contributed by atoms with Gasteiger partial charge in [-0.2, -0.15) is 5.10 Å². The zero-order valence-electron chi connectivity index (χ0n) is 17.5. The topological polar surface area (TPSA) is 132 Å². The maximum Gasteiger partial charge on any atom is 0.270 e. The number of H-pyrrole nitrogens is 1. The van der Waals surface area contributed by atoms with Crippen LogP contribution in [0.3, 0.4) is 0 Å². The van der Waals surface area contributed by atoms with Gasteiger partial charge in [0, 0.05) is 17.7 Å². The zero-order valence-corrected chi connectivity index (χ0v) is 17.5. The molecule has 0 saturated heterocycles. The van der Waals surface area contributed by atoms with Crippen molar-refractivity contribution in [3.8, 4) is 28.6 Å². The van der Waals surface area contributed by atoms with Crippen LogP contribution in [-0.2, 0) is 6.54 Å². The first-order valence-electron chi connectivity index (χ1n) is 9.89. The number of hydrogen-bond donors (Lipinski definition) is 2. The van der Waals surface area contributed by atoms with Gasteiger partial charge < -0.3 is 14.8 Å². The first kappa shape index (κ1) is 21.5. The van der Waals surface area contributed by atoms with Crippen LogP contribution >= 0.6 is 0 Å². The molecular formula is C23H19N5O5. The van der Waals surface area contributed by atoms with Crippen molar-refractivity contribution in [3.63, 3.8) is 0 Å². The maximum absolute atomic E-state index is 12.9. The van der Waals surface area contributed by atoms with E-state index in [2.05, 4.69) is 20.5 Å². The van der Waals surface area contributed by atoms with Crippen LogP contribution in [0.15, 0.2) is 72.8 Å². The number of benzene rings is 3. The molecular weight excluding hydrogens is 426 g/mol. The highest BCUT2D eigenvalue weighted by molar-refractivity contribution is 5.97. The van der Waals surface area contributed by atoms with E-state index in [0.29, 0.717) is 23.1 Å². The predicted molar refractivity (Wildman–Crippen MR) is 119 cm³/mol. The number of methoxy groups -OCH3 is 1. The van der Waals surface area contributed by atoms with Crippen LogP contribution < -0.4 is 14.8 Å². The van der Waals surface area contributed by atoms with Gasteiger partial charge in [-0.25, -0.2) is 4.98 Å². The summed E-state index contributed by atoms with van der Waals surface area (Å²) in [5.41, 5.74) is 0.590. The summed E-state index contributed by atoms with van der Waals surface area (Å²) in [5.74, 6) is 1.75. The van der Waals surface area contributed by atoms with E-state index in [-0.39, 0.29) is 23.5 Å². The molecule has 1 aromatic heterocycles. The number of nitro benzene ring substituents is 1. The van der Waals surface area contributed by atoms with Gasteiger partial charge in [0.2, 0.25) is 0 Å². The molecule has 0 bridgehead atoms. The first-order valence-corrected chi connectivity index (χ1v) is 9.89. The molecule has 0 aliphatic rings. The molecule has 10 heteroatoms. The number of aromatic nitrogens is 3. The van der Waals surface area contributed by atoms with Crippen LogP contribution in [0, 0.1) is 10.1 Å². The molecule has 0 aliphatic heterocycles. The highest BCUT2D eigenvalue weighted by Crippen LogP contribution is 2.29. The molecule has 10 nitrogen and oxygen atoms in total. The molecule has 0 spiro atoms. The number of hydrogen-bond acceptors (Lipinski definition) is 7. The summed E-state index contributed by atoms with van der Waals surface area (Å²) in [7, 11) is 1.58. The molecule has 0 saturated carbocycles. The molecule has 0 unspecified atom stereocenters. The number of nitro groups is 1. The lowest BCUT2D eigenvalue weighted by Crippen LogP contribution is -2.24. The minimum absolute atomic E-state index is 0.0305. The lowest BCUT2D eigenvalue weighted by Gasteiger charge is -2.11. The summed E-state index contributed by atoms with van der Waals surface area (Å²) >= 11 is 0. The van der Waals surface area contributed by atoms with E-state index >= 15 is 0 Å². The summed E-state index contributed by atoms with van der Waals surface area (Å²) < 4.78 is 10.9. The lowest BCUT2D eigenvalue weighted by molar-refractivity contribution is -0.384. The highest BCUT2D eigenvalue weighted by Gasteiger charge is 2.19. The minimum Gasteiger partial charge on any atom is -0.497 e. The number of nitrogens with one attached hydrogen (secondary N) is 2. The molecule has 1 amide bonds. The van der Waals surface area contributed by atoms with Crippen molar-refractivity contribution in [2.24, 2.45) is 0 Å². The fourth-order valence-electron chi connectivity index (χ4n) is 3.02. The summed E-state index contributed by atoms with van der Waals surface area (Å²) in [6.07, 6.45) is 0. The second kappa shape index (κ2) is 9.60. The Morgan fingerprint density at radius 2 is 1.82 bits per heavy atom. The van der Waals surface area contributed by atoms with Gasteiger partial charge in [-0.05, 0) is 42.5 Å². The van der Waals surface area contributed by atoms with Gasteiger partial charge in [0.05, 0.1) is 24.1 Å². The van der Waals surface area contributed by atoms with Crippen LogP contribution in [0.2, 0.25) is 0 Å².